The number of nitrogens with zero attached hydrogens (tertiary/aromatic N) is 1. The van der Waals surface area contributed by atoms with Gasteiger partial charge in [0.25, 0.3) is 5.56 Å². The second kappa shape index (κ2) is 5.96. The number of aryl methyl sites for hydroxylation is 1. The Morgan fingerprint density at radius 1 is 1.53 bits per heavy atom. The molecule has 0 aliphatic rings. The number of aliphatic carboxylic acids is 1. The van der Waals surface area contributed by atoms with E-state index in [9.17, 15) is 19.2 Å². The van der Waals surface area contributed by atoms with E-state index in [1.807, 2.05) is 0 Å². The van der Waals surface area contributed by atoms with Crippen molar-refractivity contribution in [2.75, 3.05) is 6.54 Å². The minimum atomic E-state index is -1.20. The van der Waals surface area contributed by atoms with Crippen molar-refractivity contribution < 1.29 is 14.7 Å². The second-order valence-corrected chi connectivity index (χ2v) is 3.94. The lowest BCUT2D eigenvalue weighted by atomic mass is 10.2. The van der Waals surface area contributed by atoms with Crippen LogP contribution in [0.3, 0.4) is 0 Å². The fraction of sp³-hybridized carbons (Fsp3) is 0.400. The van der Waals surface area contributed by atoms with E-state index in [2.05, 4.69) is 10.3 Å². The highest BCUT2D eigenvalue weighted by Gasteiger charge is 2.15. The molecule has 0 fully saturated rings. The van der Waals surface area contributed by atoms with E-state index in [0.717, 1.165) is 4.57 Å². The molecule has 0 aliphatic heterocycles. The first-order valence-corrected chi connectivity index (χ1v) is 5.36. The summed E-state index contributed by atoms with van der Waals surface area (Å²) in [4.78, 5) is 46.4. The molecule has 0 saturated heterocycles. The number of nitrogens with one attached hydrogen (secondary N) is 2. The van der Waals surface area contributed by atoms with E-state index >= 15 is 0 Å². The first-order valence-electron chi connectivity index (χ1n) is 5.36. The van der Waals surface area contributed by atoms with Crippen LogP contribution in [0.2, 0.25) is 0 Å². The molecule has 1 heterocycles. The van der Waals surface area contributed by atoms with E-state index < -0.39 is 35.7 Å². The Labute approximate surface area is 107 Å². The molecule has 9 nitrogen and oxygen atoms in total. The van der Waals surface area contributed by atoms with Crippen molar-refractivity contribution in [3.8, 4) is 0 Å². The van der Waals surface area contributed by atoms with Crippen LogP contribution >= 0.6 is 0 Å². The third-order valence-electron chi connectivity index (χ3n) is 2.33. The SMILES string of the molecule is Cc1cn(C[C@H](N)C(=O)NCC(=O)O)c(=O)[nH]c1=O. The number of carboxylic acids is 1. The summed E-state index contributed by atoms with van der Waals surface area (Å²) in [7, 11) is 0. The summed E-state index contributed by atoms with van der Waals surface area (Å²) in [6.07, 6.45) is 1.28. The number of nitrogens with two attached hydrogens (primary N) is 1. The van der Waals surface area contributed by atoms with E-state index in [1.54, 1.807) is 0 Å². The summed E-state index contributed by atoms with van der Waals surface area (Å²) in [6.45, 7) is 0.790. The van der Waals surface area contributed by atoms with Gasteiger partial charge in [0, 0.05) is 11.8 Å². The first kappa shape index (κ1) is 14.6. The predicted molar refractivity (Wildman–Crippen MR) is 64.7 cm³/mol. The normalized spacial score (nSPS) is 11.9. The van der Waals surface area contributed by atoms with Gasteiger partial charge >= 0.3 is 11.7 Å². The van der Waals surface area contributed by atoms with Gasteiger partial charge in [-0.2, -0.15) is 0 Å². The fourth-order valence-electron chi connectivity index (χ4n) is 1.34. The average molecular weight is 270 g/mol. The van der Waals surface area contributed by atoms with Crippen molar-refractivity contribution >= 4 is 11.9 Å². The number of rotatable bonds is 5. The highest BCUT2D eigenvalue weighted by molar-refractivity contribution is 5.84. The first-order chi connectivity index (χ1) is 8.81. The van der Waals surface area contributed by atoms with Gasteiger partial charge in [-0.3, -0.25) is 23.9 Å². The molecule has 5 N–H and O–H groups in total. The molecule has 9 heteroatoms. The summed E-state index contributed by atoms with van der Waals surface area (Å²) < 4.78 is 1.09. The standard InChI is InChI=1S/C10H14N4O5/c1-5-3-14(10(19)13-8(5)17)4-6(11)9(18)12-2-7(15)16/h3,6H,2,4,11H2,1H3,(H,12,18)(H,15,16)(H,13,17,19)/t6-/m0/s1. The molecular weight excluding hydrogens is 256 g/mol. The van der Waals surface area contributed by atoms with E-state index in [4.69, 9.17) is 10.8 Å². The number of carbonyl (C=O) groups excluding carboxylic acids is 1. The number of carboxylic acid groups (broad SMARTS) is 1. The minimum Gasteiger partial charge on any atom is -0.480 e. The van der Waals surface area contributed by atoms with Gasteiger partial charge in [-0.1, -0.05) is 0 Å². The van der Waals surface area contributed by atoms with Crippen molar-refractivity contribution in [2.24, 2.45) is 5.73 Å². The molecule has 0 bridgehead atoms. The molecule has 0 unspecified atom stereocenters. The zero-order valence-electron chi connectivity index (χ0n) is 10.2. The lowest BCUT2D eigenvalue weighted by molar-refractivity contribution is -0.138. The van der Waals surface area contributed by atoms with Crippen LogP contribution < -0.4 is 22.3 Å². The van der Waals surface area contributed by atoms with Gasteiger partial charge in [0.05, 0.1) is 6.54 Å². The quantitative estimate of drug-likeness (QED) is 0.460. The largest absolute Gasteiger partial charge is 0.480 e. The van der Waals surface area contributed by atoms with Crippen molar-refractivity contribution in [2.45, 2.75) is 19.5 Å². The van der Waals surface area contributed by atoms with Crippen LogP contribution in [0.15, 0.2) is 15.8 Å². The molecule has 19 heavy (non-hydrogen) atoms. The molecule has 1 aromatic heterocycles. The topological polar surface area (TPSA) is 147 Å². The summed E-state index contributed by atoms with van der Waals surface area (Å²) in [5.41, 5.74) is 4.65. The number of aromatic amines is 1. The summed E-state index contributed by atoms with van der Waals surface area (Å²) >= 11 is 0. The molecule has 0 spiro atoms. The van der Waals surface area contributed by atoms with Crippen molar-refractivity contribution in [1.29, 1.82) is 0 Å². The van der Waals surface area contributed by atoms with Gasteiger partial charge in [0.1, 0.15) is 12.6 Å². The lowest BCUT2D eigenvalue weighted by Crippen LogP contribution is -2.47. The fourth-order valence-corrected chi connectivity index (χ4v) is 1.34. The molecule has 1 amide bonds. The molecule has 0 aliphatic carbocycles. The smallest absolute Gasteiger partial charge is 0.328 e. The lowest BCUT2D eigenvalue weighted by Gasteiger charge is -2.12. The zero-order valence-corrected chi connectivity index (χ0v) is 10.2. The monoisotopic (exact) mass is 270 g/mol. The third kappa shape index (κ3) is 4.07. The average Bonchev–Trinajstić information content (AvgIpc) is 2.32. The van der Waals surface area contributed by atoms with E-state index in [1.165, 1.54) is 13.1 Å². The Morgan fingerprint density at radius 2 is 2.16 bits per heavy atom. The van der Waals surface area contributed by atoms with E-state index in [0.29, 0.717) is 5.56 Å². The van der Waals surface area contributed by atoms with Crippen LogP contribution in [0, 0.1) is 6.92 Å². The number of hydrogen-bond donors (Lipinski definition) is 4. The Hall–Kier alpha value is -2.42. The predicted octanol–water partition coefficient (Wildman–Crippen LogP) is -2.63. The van der Waals surface area contributed by atoms with Crippen LogP contribution in [0.1, 0.15) is 5.56 Å². The van der Waals surface area contributed by atoms with Gasteiger partial charge < -0.3 is 16.2 Å². The summed E-state index contributed by atoms with van der Waals surface area (Å²) in [5, 5.41) is 10.5. The number of aromatic nitrogens is 2. The Kier molecular flexibility index (Phi) is 4.59. The molecule has 0 aromatic carbocycles. The Bertz CT molecular complexity index is 603. The summed E-state index contributed by atoms with van der Waals surface area (Å²) in [6, 6.07) is -1.10. The van der Waals surface area contributed by atoms with Gasteiger partial charge in [0.15, 0.2) is 0 Å². The number of H-pyrrole nitrogens is 1. The van der Waals surface area contributed by atoms with Gasteiger partial charge in [-0.15, -0.1) is 0 Å². The molecular formula is C10H14N4O5. The maximum absolute atomic E-state index is 11.4. The molecule has 0 radical (unpaired) electrons. The molecule has 0 saturated carbocycles. The maximum atomic E-state index is 11.4. The number of hydrogen-bond acceptors (Lipinski definition) is 5. The van der Waals surface area contributed by atoms with E-state index in [-0.39, 0.29) is 6.54 Å². The highest BCUT2D eigenvalue weighted by atomic mass is 16.4. The van der Waals surface area contributed by atoms with Crippen molar-refractivity contribution in [1.82, 2.24) is 14.9 Å². The van der Waals surface area contributed by atoms with Crippen LogP contribution in [0.25, 0.3) is 0 Å². The van der Waals surface area contributed by atoms with Crippen LogP contribution in [0.4, 0.5) is 0 Å². The maximum Gasteiger partial charge on any atom is 0.328 e. The van der Waals surface area contributed by atoms with Crippen LogP contribution in [-0.4, -0.2) is 39.1 Å². The Balaban J connectivity index is 2.77. The zero-order chi connectivity index (χ0) is 14.6. The number of amides is 1. The van der Waals surface area contributed by atoms with Gasteiger partial charge in [0.2, 0.25) is 5.91 Å². The third-order valence-corrected chi connectivity index (χ3v) is 2.33. The molecule has 1 atom stereocenters. The van der Waals surface area contributed by atoms with Crippen LogP contribution in [-0.2, 0) is 16.1 Å². The molecule has 1 rings (SSSR count). The Morgan fingerprint density at radius 3 is 2.74 bits per heavy atom. The molecule has 1 aromatic rings. The van der Waals surface area contributed by atoms with Crippen LogP contribution in [0.5, 0.6) is 0 Å². The molecule has 104 valence electrons. The van der Waals surface area contributed by atoms with Gasteiger partial charge in [-0.25, -0.2) is 4.79 Å². The second-order valence-electron chi connectivity index (χ2n) is 3.94. The number of carbonyl (C=O) groups is 2. The minimum absolute atomic E-state index is 0.165. The highest BCUT2D eigenvalue weighted by Crippen LogP contribution is 1.88. The van der Waals surface area contributed by atoms with Crippen molar-refractivity contribution in [3.05, 3.63) is 32.6 Å². The summed E-state index contributed by atoms with van der Waals surface area (Å²) in [5.74, 6) is -1.89. The van der Waals surface area contributed by atoms with Crippen molar-refractivity contribution in [3.63, 3.8) is 0 Å². The van der Waals surface area contributed by atoms with Gasteiger partial charge in [-0.05, 0) is 6.92 Å².